The molecule has 3 aromatic carbocycles. The van der Waals surface area contributed by atoms with Gasteiger partial charge in [-0.2, -0.15) is 0 Å². The molecule has 1 amide bonds. The minimum absolute atomic E-state index is 0.117. The van der Waals surface area contributed by atoms with Crippen LogP contribution in [0.5, 0.6) is 5.75 Å². The van der Waals surface area contributed by atoms with Crippen LogP contribution in [-0.4, -0.2) is 36.1 Å². The molecule has 6 nitrogen and oxygen atoms in total. The van der Waals surface area contributed by atoms with E-state index in [9.17, 15) is 15.0 Å². The van der Waals surface area contributed by atoms with Gasteiger partial charge in [-0.1, -0.05) is 48.0 Å². The second kappa shape index (κ2) is 9.41. The molecule has 0 spiro atoms. The molecular formula is C23H25NO5. The Bertz CT molecular complexity index is 971. The number of nitrogens with one attached hydrogen (secondary N) is 1. The van der Waals surface area contributed by atoms with Crippen LogP contribution in [0.1, 0.15) is 23.7 Å². The molecule has 0 fully saturated rings. The Morgan fingerprint density at radius 1 is 1.03 bits per heavy atom. The summed E-state index contributed by atoms with van der Waals surface area (Å²) in [6.45, 7) is 1.85. The van der Waals surface area contributed by atoms with Crippen LogP contribution in [0.3, 0.4) is 0 Å². The van der Waals surface area contributed by atoms with Crippen LogP contribution < -0.4 is 5.32 Å². The number of aromatic hydroxyl groups is 1. The Balaban J connectivity index is 1.94. The molecule has 2 atom stereocenters. The zero-order chi connectivity index (χ0) is 20.8. The number of methoxy groups -OCH3 is 1. The van der Waals surface area contributed by atoms with Crippen molar-refractivity contribution in [3.63, 3.8) is 0 Å². The highest BCUT2D eigenvalue weighted by atomic mass is 16.6. The summed E-state index contributed by atoms with van der Waals surface area (Å²) in [6, 6.07) is 18.0. The third-order valence-corrected chi connectivity index (χ3v) is 4.83. The predicted octanol–water partition coefficient (Wildman–Crippen LogP) is 4.54. The second-order valence-electron chi connectivity index (χ2n) is 6.82. The van der Waals surface area contributed by atoms with Crippen molar-refractivity contribution in [3.8, 4) is 5.75 Å². The highest BCUT2D eigenvalue weighted by Crippen LogP contribution is 2.35. The monoisotopic (exact) mass is 395 g/mol. The standard InChI is InChI=1S/C23H25NO5/c1-15-7-9-16(10-8-15)24-23(27)29-22(21(28-2)13-14-25)19-11-12-20(26)18-6-4-3-5-17(18)19/h3-12,21-22,25-26H,13-14H2,1-2H3,(H,24,27)/t21-,22-/m0/s1. The van der Waals surface area contributed by atoms with Crippen molar-refractivity contribution in [2.45, 2.75) is 25.6 Å². The van der Waals surface area contributed by atoms with E-state index in [4.69, 9.17) is 9.47 Å². The van der Waals surface area contributed by atoms with Crippen molar-refractivity contribution in [2.24, 2.45) is 0 Å². The molecule has 3 aromatic rings. The molecule has 0 aromatic heterocycles. The van der Waals surface area contributed by atoms with Crippen molar-refractivity contribution in [1.29, 1.82) is 0 Å². The summed E-state index contributed by atoms with van der Waals surface area (Å²) in [6.07, 6.45) is -1.68. The zero-order valence-electron chi connectivity index (χ0n) is 16.5. The molecule has 6 heteroatoms. The summed E-state index contributed by atoms with van der Waals surface area (Å²) in [5.74, 6) is 0.142. The summed E-state index contributed by atoms with van der Waals surface area (Å²) < 4.78 is 11.3. The number of aryl methyl sites for hydroxylation is 1. The van der Waals surface area contributed by atoms with E-state index in [1.807, 2.05) is 37.3 Å². The number of phenolic OH excluding ortho intramolecular Hbond substituents is 1. The number of amides is 1. The minimum Gasteiger partial charge on any atom is -0.507 e. The van der Waals surface area contributed by atoms with Gasteiger partial charge in [-0.25, -0.2) is 4.79 Å². The third kappa shape index (κ3) is 4.85. The first-order valence-electron chi connectivity index (χ1n) is 9.42. The van der Waals surface area contributed by atoms with E-state index in [1.165, 1.54) is 7.11 Å². The SMILES string of the molecule is CO[C@@H](CCO)[C@@H](OC(=O)Nc1ccc(C)cc1)c1ccc(O)c2ccccc12. The number of hydrogen-bond acceptors (Lipinski definition) is 5. The average molecular weight is 395 g/mol. The summed E-state index contributed by atoms with van der Waals surface area (Å²) in [5.41, 5.74) is 2.39. The van der Waals surface area contributed by atoms with Gasteiger partial charge in [-0.15, -0.1) is 0 Å². The maximum atomic E-state index is 12.6. The van der Waals surface area contributed by atoms with Gasteiger partial charge in [0.05, 0.1) is 0 Å². The fourth-order valence-corrected chi connectivity index (χ4v) is 3.31. The van der Waals surface area contributed by atoms with Gasteiger partial charge in [0.25, 0.3) is 0 Å². The van der Waals surface area contributed by atoms with Gasteiger partial charge >= 0.3 is 6.09 Å². The van der Waals surface area contributed by atoms with E-state index in [0.29, 0.717) is 16.6 Å². The van der Waals surface area contributed by atoms with Crippen molar-refractivity contribution in [1.82, 2.24) is 0 Å². The molecule has 0 saturated carbocycles. The summed E-state index contributed by atoms with van der Waals surface area (Å²) >= 11 is 0. The first kappa shape index (κ1) is 20.6. The molecule has 0 heterocycles. The molecule has 0 unspecified atom stereocenters. The maximum absolute atomic E-state index is 12.6. The summed E-state index contributed by atoms with van der Waals surface area (Å²) in [4.78, 5) is 12.6. The number of hydrogen-bond donors (Lipinski definition) is 3. The van der Waals surface area contributed by atoms with E-state index in [-0.39, 0.29) is 18.8 Å². The number of aliphatic hydroxyl groups is 1. The molecule has 3 rings (SSSR count). The maximum Gasteiger partial charge on any atom is 0.412 e. The second-order valence-corrected chi connectivity index (χ2v) is 6.82. The molecular weight excluding hydrogens is 370 g/mol. The van der Waals surface area contributed by atoms with Crippen molar-refractivity contribution in [2.75, 3.05) is 19.0 Å². The van der Waals surface area contributed by atoms with Gasteiger partial charge in [0.15, 0.2) is 6.10 Å². The Kier molecular flexibility index (Phi) is 6.69. The fourth-order valence-electron chi connectivity index (χ4n) is 3.31. The van der Waals surface area contributed by atoms with Crippen molar-refractivity contribution < 1.29 is 24.5 Å². The Morgan fingerprint density at radius 2 is 1.72 bits per heavy atom. The Hall–Kier alpha value is -3.09. The van der Waals surface area contributed by atoms with E-state index in [0.717, 1.165) is 10.9 Å². The van der Waals surface area contributed by atoms with Gasteiger partial charge in [0, 0.05) is 36.8 Å². The lowest BCUT2D eigenvalue weighted by atomic mass is 9.95. The zero-order valence-corrected chi connectivity index (χ0v) is 16.5. The van der Waals surface area contributed by atoms with Crippen molar-refractivity contribution in [3.05, 3.63) is 71.8 Å². The quantitative estimate of drug-likeness (QED) is 0.547. The number of carbonyl (C=O) groups is 1. The lowest BCUT2D eigenvalue weighted by molar-refractivity contribution is -0.0299. The molecule has 29 heavy (non-hydrogen) atoms. The first-order valence-corrected chi connectivity index (χ1v) is 9.42. The molecule has 0 radical (unpaired) electrons. The van der Waals surface area contributed by atoms with Crippen LogP contribution in [0.2, 0.25) is 0 Å². The lowest BCUT2D eigenvalue weighted by Gasteiger charge is -2.27. The van der Waals surface area contributed by atoms with Gasteiger partial charge in [-0.3, -0.25) is 5.32 Å². The van der Waals surface area contributed by atoms with Crippen molar-refractivity contribution >= 4 is 22.6 Å². The third-order valence-electron chi connectivity index (χ3n) is 4.83. The largest absolute Gasteiger partial charge is 0.507 e. The first-order chi connectivity index (χ1) is 14.0. The van der Waals surface area contributed by atoms with Crippen LogP contribution in [0.4, 0.5) is 10.5 Å². The molecule has 0 saturated heterocycles. The minimum atomic E-state index is -0.775. The Morgan fingerprint density at radius 3 is 2.38 bits per heavy atom. The molecule has 0 aliphatic heterocycles. The molecule has 3 N–H and O–H groups in total. The normalized spacial score (nSPS) is 13.1. The number of phenols is 1. The van der Waals surface area contributed by atoms with E-state index in [2.05, 4.69) is 5.32 Å². The Labute approximate surface area is 169 Å². The average Bonchev–Trinajstić information content (AvgIpc) is 2.73. The summed E-state index contributed by atoms with van der Waals surface area (Å²) in [5, 5.41) is 23.7. The number of anilines is 1. The number of ether oxygens (including phenoxy) is 2. The highest BCUT2D eigenvalue weighted by Gasteiger charge is 2.29. The van der Waals surface area contributed by atoms with E-state index >= 15 is 0 Å². The van der Waals surface area contributed by atoms with Gasteiger partial charge in [0.1, 0.15) is 11.9 Å². The van der Waals surface area contributed by atoms with Gasteiger partial charge in [0.2, 0.25) is 0 Å². The molecule has 0 bridgehead atoms. The van der Waals surface area contributed by atoms with Gasteiger partial charge < -0.3 is 19.7 Å². The van der Waals surface area contributed by atoms with Crippen LogP contribution in [0.15, 0.2) is 60.7 Å². The van der Waals surface area contributed by atoms with Crippen LogP contribution >= 0.6 is 0 Å². The molecule has 152 valence electrons. The predicted molar refractivity (Wildman–Crippen MR) is 112 cm³/mol. The highest BCUT2D eigenvalue weighted by molar-refractivity contribution is 5.91. The van der Waals surface area contributed by atoms with Crippen LogP contribution in [0.25, 0.3) is 10.8 Å². The number of aliphatic hydroxyl groups excluding tert-OH is 1. The molecule has 0 aliphatic carbocycles. The number of benzene rings is 3. The lowest BCUT2D eigenvalue weighted by Crippen LogP contribution is -2.29. The smallest absolute Gasteiger partial charge is 0.412 e. The number of fused-ring (bicyclic) bond motifs is 1. The molecule has 0 aliphatic rings. The fraction of sp³-hybridized carbons (Fsp3) is 0.261. The van der Waals surface area contributed by atoms with E-state index in [1.54, 1.807) is 30.3 Å². The van der Waals surface area contributed by atoms with Gasteiger partial charge in [-0.05, 0) is 30.5 Å². The number of carbonyl (C=O) groups excluding carboxylic acids is 1. The summed E-state index contributed by atoms with van der Waals surface area (Å²) in [7, 11) is 1.51. The number of rotatable bonds is 7. The van der Waals surface area contributed by atoms with Crippen LogP contribution in [0, 0.1) is 6.92 Å². The van der Waals surface area contributed by atoms with E-state index < -0.39 is 18.3 Å². The van der Waals surface area contributed by atoms with Crippen LogP contribution in [-0.2, 0) is 9.47 Å². The topological polar surface area (TPSA) is 88.0 Å².